The van der Waals surface area contributed by atoms with Crippen LogP contribution in [0.5, 0.6) is 0 Å². The molecule has 2 aliphatic rings. The molecule has 0 spiro atoms. The minimum Gasteiger partial charge on any atom is -0.410 e. The highest BCUT2D eigenvalue weighted by Crippen LogP contribution is 2.39. The molecule has 0 aromatic heterocycles. The lowest BCUT2D eigenvalue weighted by Crippen LogP contribution is -2.12. The Bertz CT molecular complexity index is 887. The number of halogens is 1. The third-order valence-electron chi connectivity index (χ3n) is 3.75. The maximum Gasteiger partial charge on any atom is 0.258 e. The normalized spacial score (nSPS) is 20.6. The van der Waals surface area contributed by atoms with Gasteiger partial charge in [-0.15, -0.1) is 0 Å². The molecule has 0 fully saturated rings. The molecule has 2 aliphatic heterocycles. The van der Waals surface area contributed by atoms with E-state index < -0.39 is 0 Å². The van der Waals surface area contributed by atoms with Gasteiger partial charge in [0.05, 0.1) is 11.3 Å². The molecule has 2 aromatic carbocycles. The second kappa shape index (κ2) is 4.84. The lowest BCUT2D eigenvalue weighted by molar-refractivity contribution is -0.110. The smallest absolute Gasteiger partial charge is 0.258 e. The molecule has 5 nitrogen and oxygen atoms in total. The van der Waals surface area contributed by atoms with Crippen molar-refractivity contribution >= 4 is 51.2 Å². The van der Waals surface area contributed by atoms with Gasteiger partial charge in [-0.25, -0.2) is 0 Å². The van der Waals surface area contributed by atoms with Crippen molar-refractivity contribution in [1.82, 2.24) is 0 Å². The molecule has 0 aliphatic carbocycles. The zero-order chi connectivity index (χ0) is 15.3. The van der Waals surface area contributed by atoms with Crippen molar-refractivity contribution in [1.29, 1.82) is 0 Å². The van der Waals surface area contributed by atoms with E-state index in [9.17, 15) is 10.0 Å². The molecule has 0 saturated carbocycles. The fourth-order valence-electron chi connectivity index (χ4n) is 2.80. The van der Waals surface area contributed by atoms with Crippen LogP contribution in [0.25, 0.3) is 5.57 Å². The third kappa shape index (κ3) is 1.83. The fourth-order valence-corrected chi connectivity index (χ4v) is 3.29. The summed E-state index contributed by atoms with van der Waals surface area (Å²) in [4.78, 5) is 12.4. The van der Waals surface area contributed by atoms with Crippen LogP contribution in [0.3, 0.4) is 0 Å². The summed E-state index contributed by atoms with van der Waals surface area (Å²) in [5.41, 5.74) is 4.59. The molecule has 22 heavy (non-hydrogen) atoms. The van der Waals surface area contributed by atoms with Gasteiger partial charge in [0.25, 0.3) is 5.91 Å². The zero-order valence-corrected chi connectivity index (χ0v) is 13.4. The first-order valence-corrected chi connectivity index (χ1v) is 7.71. The van der Waals surface area contributed by atoms with Gasteiger partial charge in [0, 0.05) is 26.1 Å². The second-order valence-corrected chi connectivity index (χ2v) is 6.26. The number of carbonyl (C=O) groups is 1. The Morgan fingerprint density at radius 3 is 2.59 bits per heavy atom. The molecule has 1 amide bonds. The number of carbonyl (C=O) groups excluding carboxylic acids is 1. The van der Waals surface area contributed by atoms with Gasteiger partial charge < -0.3 is 15.8 Å². The number of hydrogen-bond donors (Lipinski definition) is 3. The van der Waals surface area contributed by atoms with Gasteiger partial charge in [-0.1, -0.05) is 23.4 Å². The summed E-state index contributed by atoms with van der Waals surface area (Å²) in [6.07, 6.45) is 0. The summed E-state index contributed by atoms with van der Waals surface area (Å²) in [5, 5.41) is 18.9. The largest absolute Gasteiger partial charge is 0.410 e. The molecule has 4 rings (SSSR count). The van der Waals surface area contributed by atoms with Crippen LogP contribution < -0.4 is 10.6 Å². The minimum absolute atomic E-state index is 0.201. The third-order valence-corrected chi connectivity index (χ3v) is 4.43. The van der Waals surface area contributed by atoms with E-state index in [1.165, 1.54) is 0 Å². The van der Waals surface area contributed by atoms with Crippen LogP contribution in [0.15, 0.2) is 53.3 Å². The number of nitrogens with zero attached hydrogens (tertiary/aromatic N) is 1. The summed E-state index contributed by atoms with van der Waals surface area (Å²) >= 11 is 2.21. The second-order valence-electron chi connectivity index (χ2n) is 5.01. The molecule has 0 atom stereocenters. The van der Waals surface area contributed by atoms with Crippen LogP contribution in [0.1, 0.15) is 11.1 Å². The molecular weight excluding hydrogens is 393 g/mol. The van der Waals surface area contributed by atoms with E-state index in [-0.39, 0.29) is 5.91 Å². The predicted molar refractivity (Wildman–Crippen MR) is 93.1 cm³/mol. The fraction of sp³-hybridized carbons (Fsp3) is 0. The summed E-state index contributed by atoms with van der Waals surface area (Å²) in [6.45, 7) is 0. The van der Waals surface area contributed by atoms with Crippen LogP contribution >= 0.6 is 22.6 Å². The maximum absolute atomic E-state index is 12.4. The van der Waals surface area contributed by atoms with Crippen LogP contribution in [-0.4, -0.2) is 16.8 Å². The first-order chi connectivity index (χ1) is 10.7. The van der Waals surface area contributed by atoms with Crippen molar-refractivity contribution in [3.05, 3.63) is 62.9 Å². The van der Waals surface area contributed by atoms with Gasteiger partial charge in [-0.2, -0.15) is 0 Å². The van der Waals surface area contributed by atoms with E-state index in [1.807, 2.05) is 42.5 Å². The number of hydrogen-bond acceptors (Lipinski definition) is 4. The maximum atomic E-state index is 12.4. The van der Waals surface area contributed by atoms with Crippen LogP contribution in [-0.2, 0) is 4.79 Å². The van der Waals surface area contributed by atoms with E-state index in [1.54, 1.807) is 0 Å². The molecule has 0 bridgehead atoms. The molecule has 0 radical (unpaired) electrons. The monoisotopic (exact) mass is 403 g/mol. The molecule has 0 unspecified atom stereocenters. The Morgan fingerprint density at radius 2 is 1.77 bits per heavy atom. The highest BCUT2D eigenvalue weighted by molar-refractivity contribution is 14.1. The highest BCUT2D eigenvalue weighted by Gasteiger charge is 2.34. The number of benzene rings is 2. The van der Waals surface area contributed by atoms with E-state index in [0.29, 0.717) is 17.0 Å². The summed E-state index contributed by atoms with van der Waals surface area (Å²) in [6, 6.07) is 13.2. The van der Waals surface area contributed by atoms with E-state index in [4.69, 9.17) is 0 Å². The van der Waals surface area contributed by atoms with Crippen LogP contribution in [0.2, 0.25) is 0 Å². The quantitative estimate of drug-likeness (QED) is 0.274. The Hall–Kier alpha value is -2.35. The minimum atomic E-state index is -0.201. The molecule has 2 aromatic rings. The standard InChI is InChI=1S/C16H10IN3O2/c17-8-5-6-12-10(7-8)13(16(21)19-12)15-14(20-22)9-3-1-2-4-11(9)18-15/h1-7,18,22H,(H,19,21)/b15-13-,20-14+. The van der Waals surface area contributed by atoms with E-state index in [2.05, 4.69) is 38.4 Å². The van der Waals surface area contributed by atoms with Gasteiger partial charge >= 0.3 is 0 Å². The summed E-state index contributed by atoms with van der Waals surface area (Å²) in [7, 11) is 0. The van der Waals surface area contributed by atoms with Crippen molar-refractivity contribution in [2.45, 2.75) is 0 Å². The predicted octanol–water partition coefficient (Wildman–Crippen LogP) is 3.26. The van der Waals surface area contributed by atoms with Gasteiger partial charge in [0.1, 0.15) is 5.71 Å². The number of rotatable bonds is 0. The molecule has 2 heterocycles. The first kappa shape index (κ1) is 13.3. The average Bonchev–Trinajstić information content (AvgIpc) is 3.03. The molecule has 0 saturated heterocycles. The highest BCUT2D eigenvalue weighted by atomic mass is 127. The van der Waals surface area contributed by atoms with Crippen molar-refractivity contribution in [2.75, 3.05) is 10.6 Å². The van der Waals surface area contributed by atoms with Crippen molar-refractivity contribution in [3.8, 4) is 0 Å². The number of para-hydroxylation sites is 1. The molecular formula is C16H10IN3O2. The van der Waals surface area contributed by atoms with Gasteiger partial charge in [-0.05, 0) is 46.9 Å². The Balaban J connectivity index is 1.97. The number of fused-ring (bicyclic) bond motifs is 2. The number of allylic oxidation sites excluding steroid dienone is 1. The van der Waals surface area contributed by atoms with Gasteiger partial charge in [-0.3, -0.25) is 4.79 Å². The SMILES string of the molecule is O=C1Nc2ccc(I)cc2/C1=C1/Nc2ccccc2/C1=N\O. The summed E-state index contributed by atoms with van der Waals surface area (Å²) in [5.74, 6) is -0.201. The number of amides is 1. The molecule has 6 heteroatoms. The van der Waals surface area contributed by atoms with E-state index in [0.717, 1.165) is 26.1 Å². The number of nitrogens with one attached hydrogen (secondary N) is 2. The van der Waals surface area contributed by atoms with Crippen molar-refractivity contribution in [3.63, 3.8) is 0 Å². The number of oxime groups is 1. The molecule has 3 N–H and O–H groups in total. The first-order valence-electron chi connectivity index (χ1n) is 6.63. The lowest BCUT2D eigenvalue weighted by Gasteiger charge is -2.05. The van der Waals surface area contributed by atoms with Crippen molar-refractivity contribution < 1.29 is 10.0 Å². The Morgan fingerprint density at radius 1 is 1.00 bits per heavy atom. The van der Waals surface area contributed by atoms with Crippen molar-refractivity contribution in [2.24, 2.45) is 5.16 Å². The zero-order valence-electron chi connectivity index (χ0n) is 11.2. The topological polar surface area (TPSA) is 73.7 Å². The Labute approximate surface area is 139 Å². The Kier molecular flexibility index (Phi) is 2.93. The molecule has 108 valence electrons. The van der Waals surface area contributed by atoms with Gasteiger partial charge in [0.2, 0.25) is 0 Å². The van der Waals surface area contributed by atoms with Crippen LogP contribution in [0.4, 0.5) is 11.4 Å². The van der Waals surface area contributed by atoms with Gasteiger partial charge in [0.15, 0.2) is 0 Å². The average molecular weight is 403 g/mol. The van der Waals surface area contributed by atoms with Crippen LogP contribution in [0, 0.1) is 3.57 Å². The lowest BCUT2D eigenvalue weighted by atomic mass is 10.0. The van der Waals surface area contributed by atoms with E-state index >= 15 is 0 Å². The number of anilines is 2. The summed E-state index contributed by atoms with van der Waals surface area (Å²) < 4.78 is 1.03.